The van der Waals surface area contributed by atoms with Crippen molar-refractivity contribution in [3.8, 4) is 0 Å². The van der Waals surface area contributed by atoms with Gasteiger partial charge in [-0.25, -0.2) is 0 Å². The SMILES string of the molecule is CCOC(C1CC1)C(N)c1cccc(C(F)(F)F)c1. The predicted molar refractivity (Wildman–Crippen MR) is 66.5 cm³/mol. The molecule has 0 saturated heterocycles. The first kappa shape index (κ1) is 14.3. The van der Waals surface area contributed by atoms with Crippen LogP contribution in [0.3, 0.4) is 0 Å². The molecule has 0 radical (unpaired) electrons. The highest BCUT2D eigenvalue weighted by Gasteiger charge is 2.37. The molecule has 19 heavy (non-hydrogen) atoms. The number of rotatable bonds is 5. The van der Waals surface area contributed by atoms with E-state index in [1.807, 2.05) is 6.92 Å². The highest BCUT2D eigenvalue weighted by Crippen LogP contribution is 2.40. The number of nitrogens with two attached hydrogens (primary N) is 1. The normalized spacial score (nSPS) is 19.2. The van der Waals surface area contributed by atoms with E-state index in [2.05, 4.69) is 0 Å². The zero-order valence-electron chi connectivity index (χ0n) is 10.8. The quantitative estimate of drug-likeness (QED) is 0.890. The van der Waals surface area contributed by atoms with Crippen LogP contribution >= 0.6 is 0 Å². The van der Waals surface area contributed by atoms with Gasteiger partial charge < -0.3 is 10.5 Å². The maximum absolute atomic E-state index is 12.7. The molecule has 2 N–H and O–H groups in total. The summed E-state index contributed by atoms with van der Waals surface area (Å²) in [6.07, 6.45) is -2.45. The smallest absolute Gasteiger partial charge is 0.376 e. The van der Waals surface area contributed by atoms with Crippen molar-refractivity contribution in [2.75, 3.05) is 6.61 Å². The Morgan fingerprint density at radius 3 is 2.58 bits per heavy atom. The van der Waals surface area contributed by atoms with E-state index in [-0.39, 0.29) is 6.10 Å². The summed E-state index contributed by atoms with van der Waals surface area (Å²) in [7, 11) is 0. The first-order valence-corrected chi connectivity index (χ1v) is 6.47. The number of hydrogen-bond donors (Lipinski definition) is 1. The summed E-state index contributed by atoms with van der Waals surface area (Å²) < 4.78 is 43.6. The Morgan fingerprint density at radius 2 is 2.05 bits per heavy atom. The van der Waals surface area contributed by atoms with Crippen molar-refractivity contribution in [2.45, 2.75) is 38.1 Å². The molecule has 0 bridgehead atoms. The van der Waals surface area contributed by atoms with Crippen molar-refractivity contribution >= 4 is 0 Å². The van der Waals surface area contributed by atoms with Crippen LogP contribution in [-0.2, 0) is 10.9 Å². The second-order valence-electron chi connectivity index (χ2n) is 4.91. The van der Waals surface area contributed by atoms with Crippen LogP contribution < -0.4 is 5.73 Å². The molecule has 1 aliphatic rings. The van der Waals surface area contributed by atoms with E-state index in [0.29, 0.717) is 18.1 Å². The number of ether oxygens (including phenoxy) is 1. The Morgan fingerprint density at radius 1 is 1.37 bits per heavy atom. The van der Waals surface area contributed by atoms with Gasteiger partial charge in [-0.3, -0.25) is 0 Å². The van der Waals surface area contributed by atoms with Gasteiger partial charge in [-0.2, -0.15) is 13.2 Å². The maximum Gasteiger partial charge on any atom is 0.416 e. The van der Waals surface area contributed by atoms with E-state index < -0.39 is 17.8 Å². The maximum atomic E-state index is 12.7. The Labute approximate surface area is 110 Å². The van der Waals surface area contributed by atoms with E-state index in [4.69, 9.17) is 10.5 Å². The number of alkyl halides is 3. The Kier molecular flexibility index (Phi) is 4.16. The molecule has 5 heteroatoms. The summed E-state index contributed by atoms with van der Waals surface area (Å²) in [5.41, 5.74) is 5.91. The minimum absolute atomic E-state index is 0.187. The topological polar surface area (TPSA) is 35.2 Å². The molecule has 2 unspecified atom stereocenters. The molecular weight excluding hydrogens is 255 g/mol. The molecule has 2 nitrogen and oxygen atoms in total. The van der Waals surface area contributed by atoms with E-state index in [1.54, 1.807) is 6.07 Å². The van der Waals surface area contributed by atoms with Crippen LogP contribution in [0.5, 0.6) is 0 Å². The van der Waals surface area contributed by atoms with E-state index in [1.165, 1.54) is 6.07 Å². The molecule has 106 valence electrons. The van der Waals surface area contributed by atoms with Gasteiger partial charge in [-0.15, -0.1) is 0 Å². The minimum Gasteiger partial charge on any atom is -0.376 e. The van der Waals surface area contributed by atoms with Crippen molar-refractivity contribution in [3.05, 3.63) is 35.4 Å². The Bertz CT molecular complexity index is 429. The van der Waals surface area contributed by atoms with Crippen LogP contribution in [0.2, 0.25) is 0 Å². The van der Waals surface area contributed by atoms with E-state index in [9.17, 15) is 13.2 Å². The number of hydrogen-bond acceptors (Lipinski definition) is 2. The van der Waals surface area contributed by atoms with Gasteiger partial charge in [-0.1, -0.05) is 12.1 Å². The third-order valence-corrected chi connectivity index (χ3v) is 3.40. The van der Waals surface area contributed by atoms with Crippen LogP contribution in [-0.4, -0.2) is 12.7 Å². The highest BCUT2D eigenvalue weighted by molar-refractivity contribution is 5.28. The number of benzene rings is 1. The molecule has 0 amide bonds. The molecule has 1 aromatic carbocycles. The van der Waals surface area contributed by atoms with Crippen LogP contribution in [0.15, 0.2) is 24.3 Å². The minimum atomic E-state index is -4.34. The van der Waals surface area contributed by atoms with Crippen LogP contribution in [0.1, 0.15) is 36.9 Å². The van der Waals surface area contributed by atoms with Crippen molar-refractivity contribution in [2.24, 2.45) is 11.7 Å². The van der Waals surface area contributed by atoms with Crippen LogP contribution in [0, 0.1) is 5.92 Å². The largest absolute Gasteiger partial charge is 0.416 e. The molecule has 1 saturated carbocycles. The average Bonchev–Trinajstić information content (AvgIpc) is 3.18. The Balaban J connectivity index is 2.20. The second kappa shape index (κ2) is 5.51. The molecule has 1 aliphatic carbocycles. The van der Waals surface area contributed by atoms with Gasteiger partial charge in [0.1, 0.15) is 0 Å². The molecule has 0 heterocycles. The van der Waals surface area contributed by atoms with Gasteiger partial charge in [0.15, 0.2) is 0 Å². The fourth-order valence-electron chi connectivity index (χ4n) is 2.26. The first-order valence-electron chi connectivity index (χ1n) is 6.47. The van der Waals surface area contributed by atoms with Gasteiger partial charge in [0.25, 0.3) is 0 Å². The molecule has 0 aromatic heterocycles. The monoisotopic (exact) mass is 273 g/mol. The number of halogens is 3. The molecule has 1 aromatic rings. The molecule has 0 aliphatic heterocycles. The average molecular weight is 273 g/mol. The molecule has 2 rings (SSSR count). The second-order valence-corrected chi connectivity index (χ2v) is 4.91. The highest BCUT2D eigenvalue weighted by atomic mass is 19.4. The van der Waals surface area contributed by atoms with E-state index in [0.717, 1.165) is 25.0 Å². The van der Waals surface area contributed by atoms with Gasteiger partial charge in [0, 0.05) is 6.61 Å². The van der Waals surface area contributed by atoms with Gasteiger partial charge in [-0.05, 0) is 43.4 Å². The molecule has 2 atom stereocenters. The van der Waals surface area contributed by atoms with Gasteiger partial charge in [0.05, 0.1) is 17.7 Å². The van der Waals surface area contributed by atoms with Crippen molar-refractivity contribution < 1.29 is 17.9 Å². The summed E-state index contributed by atoms with van der Waals surface area (Å²) in [5, 5.41) is 0. The first-order chi connectivity index (χ1) is 8.93. The Hall–Kier alpha value is -1.07. The molecule has 0 spiro atoms. The van der Waals surface area contributed by atoms with Crippen molar-refractivity contribution in [1.82, 2.24) is 0 Å². The predicted octanol–water partition coefficient (Wildman–Crippen LogP) is 3.52. The van der Waals surface area contributed by atoms with Gasteiger partial charge in [0.2, 0.25) is 0 Å². The van der Waals surface area contributed by atoms with Crippen molar-refractivity contribution in [1.29, 1.82) is 0 Å². The zero-order valence-corrected chi connectivity index (χ0v) is 10.8. The van der Waals surface area contributed by atoms with Gasteiger partial charge >= 0.3 is 6.18 Å². The molecular formula is C14H18F3NO. The fraction of sp³-hybridized carbons (Fsp3) is 0.571. The standard InChI is InChI=1S/C14H18F3NO/c1-2-19-13(9-6-7-9)12(18)10-4-3-5-11(8-10)14(15,16)17/h3-5,8-9,12-13H,2,6-7,18H2,1H3. The van der Waals surface area contributed by atoms with E-state index >= 15 is 0 Å². The summed E-state index contributed by atoms with van der Waals surface area (Å²) in [6, 6.07) is 4.71. The van der Waals surface area contributed by atoms with Crippen LogP contribution in [0.4, 0.5) is 13.2 Å². The van der Waals surface area contributed by atoms with Crippen LogP contribution in [0.25, 0.3) is 0 Å². The lowest BCUT2D eigenvalue weighted by Gasteiger charge is -2.24. The third-order valence-electron chi connectivity index (χ3n) is 3.40. The lowest BCUT2D eigenvalue weighted by molar-refractivity contribution is -0.137. The lowest BCUT2D eigenvalue weighted by atomic mass is 9.97. The molecule has 1 fully saturated rings. The lowest BCUT2D eigenvalue weighted by Crippen LogP contribution is -2.31. The summed E-state index contributed by atoms with van der Waals surface area (Å²) in [4.78, 5) is 0. The third kappa shape index (κ3) is 3.48. The fourth-order valence-corrected chi connectivity index (χ4v) is 2.26. The van der Waals surface area contributed by atoms with Crippen molar-refractivity contribution in [3.63, 3.8) is 0 Å². The summed E-state index contributed by atoms with van der Waals surface area (Å²) >= 11 is 0. The summed E-state index contributed by atoms with van der Waals surface area (Å²) in [6.45, 7) is 2.39. The summed E-state index contributed by atoms with van der Waals surface area (Å²) in [5.74, 6) is 0.379. The zero-order chi connectivity index (χ0) is 14.0.